The number of amides is 1. The smallest absolute Gasteiger partial charge is 0.270 e. The van der Waals surface area contributed by atoms with Gasteiger partial charge in [-0.25, -0.2) is 4.98 Å². The summed E-state index contributed by atoms with van der Waals surface area (Å²) in [7, 11) is 0. The number of carbonyl (C=O) groups excluding carboxylic acids is 1. The van der Waals surface area contributed by atoms with E-state index in [2.05, 4.69) is 31.5 Å². The van der Waals surface area contributed by atoms with Gasteiger partial charge in [-0.2, -0.15) is 0 Å². The van der Waals surface area contributed by atoms with E-state index >= 15 is 0 Å². The third kappa shape index (κ3) is 2.10. The van der Waals surface area contributed by atoms with Crippen LogP contribution in [-0.4, -0.2) is 30.0 Å². The minimum Gasteiger partial charge on any atom is -0.345 e. The zero-order chi connectivity index (χ0) is 9.97. The van der Waals surface area contributed by atoms with Crippen LogP contribution in [0.2, 0.25) is 0 Å². The monoisotopic (exact) mass is 255 g/mol. The number of nitrogens with zero attached hydrogens (tertiary/aromatic N) is 1. The van der Waals surface area contributed by atoms with Gasteiger partial charge in [0.25, 0.3) is 5.91 Å². The van der Waals surface area contributed by atoms with Gasteiger partial charge in [0.1, 0.15) is 5.69 Å². The summed E-state index contributed by atoms with van der Waals surface area (Å²) < 4.78 is 0.874. The lowest BCUT2D eigenvalue weighted by Crippen LogP contribution is -2.57. The van der Waals surface area contributed by atoms with E-state index in [0.29, 0.717) is 5.69 Å². The van der Waals surface area contributed by atoms with E-state index < -0.39 is 0 Å². The van der Waals surface area contributed by atoms with Crippen molar-refractivity contribution in [3.05, 3.63) is 28.5 Å². The Morgan fingerprint density at radius 3 is 2.86 bits per heavy atom. The van der Waals surface area contributed by atoms with Crippen molar-refractivity contribution in [3.63, 3.8) is 0 Å². The first-order chi connectivity index (χ1) is 6.75. The molecule has 2 heterocycles. The highest BCUT2D eigenvalue weighted by molar-refractivity contribution is 9.10. The standard InChI is InChI=1S/C9H10BrN3O/c10-6-1-2-8(12-3-6)9(14)13-7-4-11-5-7/h1-3,7,11H,4-5H2,(H,13,14). The van der Waals surface area contributed by atoms with Crippen molar-refractivity contribution >= 4 is 21.8 Å². The number of hydrogen-bond donors (Lipinski definition) is 2. The van der Waals surface area contributed by atoms with Crippen molar-refractivity contribution < 1.29 is 4.79 Å². The van der Waals surface area contributed by atoms with Crippen LogP contribution in [-0.2, 0) is 0 Å². The maximum Gasteiger partial charge on any atom is 0.270 e. The summed E-state index contributed by atoms with van der Waals surface area (Å²) in [5.41, 5.74) is 0.458. The Hall–Kier alpha value is -0.940. The Morgan fingerprint density at radius 2 is 2.36 bits per heavy atom. The summed E-state index contributed by atoms with van der Waals surface area (Å²) in [6.45, 7) is 1.70. The second-order valence-electron chi connectivity index (χ2n) is 3.19. The van der Waals surface area contributed by atoms with Crippen LogP contribution in [0, 0.1) is 0 Å². The van der Waals surface area contributed by atoms with Gasteiger partial charge in [-0.15, -0.1) is 0 Å². The molecule has 74 valence electrons. The molecule has 0 bridgehead atoms. The highest BCUT2D eigenvalue weighted by atomic mass is 79.9. The first-order valence-corrected chi connectivity index (χ1v) is 5.18. The molecule has 0 saturated carbocycles. The number of pyridine rings is 1. The molecule has 1 aromatic rings. The van der Waals surface area contributed by atoms with Crippen LogP contribution in [0.15, 0.2) is 22.8 Å². The highest BCUT2D eigenvalue weighted by Crippen LogP contribution is 2.07. The molecule has 1 saturated heterocycles. The molecule has 5 heteroatoms. The minimum atomic E-state index is -0.107. The van der Waals surface area contributed by atoms with Gasteiger partial charge in [-0.3, -0.25) is 4.79 Å². The predicted octanol–water partition coefficient (Wildman–Crippen LogP) is 0.546. The lowest BCUT2D eigenvalue weighted by Gasteiger charge is -2.27. The summed E-state index contributed by atoms with van der Waals surface area (Å²) in [6.07, 6.45) is 1.62. The molecule has 2 rings (SSSR count). The summed E-state index contributed by atoms with van der Waals surface area (Å²) >= 11 is 3.27. The largest absolute Gasteiger partial charge is 0.345 e. The van der Waals surface area contributed by atoms with Crippen molar-refractivity contribution in [2.75, 3.05) is 13.1 Å². The maximum absolute atomic E-state index is 11.5. The van der Waals surface area contributed by atoms with Crippen LogP contribution >= 0.6 is 15.9 Å². The quantitative estimate of drug-likeness (QED) is 0.812. The molecule has 1 aromatic heterocycles. The summed E-state index contributed by atoms with van der Waals surface area (Å²) in [5, 5.41) is 5.96. The molecule has 1 fully saturated rings. The van der Waals surface area contributed by atoms with Gasteiger partial charge >= 0.3 is 0 Å². The maximum atomic E-state index is 11.5. The molecule has 0 unspecified atom stereocenters. The number of nitrogens with one attached hydrogen (secondary N) is 2. The molecule has 2 N–H and O–H groups in total. The Morgan fingerprint density at radius 1 is 1.57 bits per heavy atom. The summed E-state index contributed by atoms with van der Waals surface area (Å²) in [6, 6.07) is 3.76. The SMILES string of the molecule is O=C(NC1CNC1)c1ccc(Br)cn1. The number of aromatic nitrogens is 1. The molecular formula is C9H10BrN3O. The molecular weight excluding hydrogens is 246 g/mol. The van der Waals surface area contributed by atoms with Gasteiger partial charge in [-0.1, -0.05) is 0 Å². The van der Waals surface area contributed by atoms with Crippen LogP contribution < -0.4 is 10.6 Å². The molecule has 0 aliphatic carbocycles. The molecule has 1 aliphatic rings. The Balaban J connectivity index is 1.99. The van der Waals surface area contributed by atoms with E-state index in [1.54, 1.807) is 18.3 Å². The Labute approximate surface area is 90.2 Å². The van der Waals surface area contributed by atoms with E-state index in [0.717, 1.165) is 17.6 Å². The van der Waals surface area contributed by atoms with Crippen molar-refractivity contribution in [2.45, 2.75) is 6.04 Å². The molecule has 0 aromatic carbocycles. The number of halogens is 1. The molecule has 14 heavy (non-hydrogen) atoms. The fourth-order valence-corrected chi connectivity index (χ4v) is 1.39. The third-order valence-corrected chi connectivity index (χ3v) is 2.55. The normalized spacial score (nSPS) is 16.1. The van der Waals surface area contributed by atoms with E-state index in [-0.39, 0.29) is 11.9 Å². The second-order valence-corrected chi connectivity index (χ2v) is 4.11. The lowest BCUT2D eigenvalue weighted by molar-refractivity contribution is 0.0919. The van der Waals surface area contributed by atoms with Crippen molar-refractivity contribution in [3.8, 4) is 0 Å². The molecule has 1 aliphatic heterocycles. The van der Waals surface area contributed by atoms with Gasteiger partial charge in [0, 0.05) is 23.8 Å². The van der Waals surface area contributed by atoms with Gasteiger partial charge in [0.15, 0.2) is 0 Å². The van der Waals surface area contributed by atoms with Gasteiger partial charge in [-0.05, 0) is 28.1 Å². The fraction of sp³-hybridized carbons (Fsp3) is 0.333. The zero-order valence-electron chi connectivity index (χ0n) is 7.46. The Bertz CT molecular complexity index is 334. The highest BCUT2D eigenvalue weighted by Gasteiger charge is 2.19. The van der Waals surface area contributed by atoms with Crippen LogP contribution in [0.4, 0.5) is 0 Å². The molecule has 1 amide bonds. The number of hydrogen-bond acceptors (Lipinski definition) is 3. The van der Waals surface area contributed by atoms with Gasteiger partial charge in [0.05, 0.1) is 6.04 Å². The van der Waals surface area contributed by atoms with Gasteiger partial charge in [0.2, 0.25) is 0 Å². The average molecular weight is 256 g/mol. The van der Waals surface area contributed by atoms with Crippen molar-refractivity contribution in [1.82, 2.24) is 15.6 Å². The van der Waals surface area contributed by atoms with Gasteiger partial charge < -0.3 is 10.6 Å². The zero-order valence-corrected chi connectivity index (χ0v) is 9.04. The molecule has 0 spiro atoms. The molecule has 0 radical (unpaired) electrons. The number of carbonyl (C=O) groups is 1. The number of rotatable bonds is 2. The fourth-order valence-electron chi connectivity index (χ4n) is 1.16. The Kier molecular flexibility index (Phi) is 2.79. The van der Waals surface area contributed by atoms with E-state index in [1.165, 1.54) is 0 Å². The average Bonchev–Trinajstić information content (AvgIpc) is 2.12. The van der Waals surface area contributed by atoms with E-state index in [4.69, 9.17) is 0 Å². The van der Waals surface area contributed by atoms with Crippen LogP contribution in [0.1, 0.15) is 10.5 Å². The van der Waals surface area contributed by atoms with Crippen LogP contribution in [0.3, 0.4) is 0 Å². The predicted molar refractivity (Wildman–Crippen MR) is 56.1 cm³/mol. The lowest BCUT2D eigenvalue weighted by atomic mass is 10.2. The second kappa shape index (κ2) is 4.06. The third-order valence-electron chi connectivity index (χ3n) is 2.08. The first kappa shape index (κ1) is 9.61. The molecule has 4 nitrogen and oxygen atoms in total. The van der Waals surface area contributed by atoms with E-state index in [1.807, 2.05) is 0 Å². The van der Waals surface area contributed by atoms with Crippen molar-refractivity contribution in [1.29, 1.82) is 0 Å². The summed E-state index contributed by atoms with van der Waals surface area (Å²) in [4.78, 5) is 15.6. The van der Waals surface area contributed by atoms with Crippen LogP contribution in [0.5, 0.6) is 0 Å². The van der Waals surface area contributed by atoms with Crippen molar-refractivity contribution in [2.24, 2.45) is 0 Å². The topological polar surface area (TPSA) is 54.0 Å². The van der Waals surface area contributed by atoms with Crippen LogP contribution in [0.25, 0.3) is 0 Å². The molecule has 0 atom stereocenters. The minimum absolute atomic E-state index is 0.107. The summed E-state index contributed by atoms with van der Waals surface area (Å²) in [5.74, 6) is -0.107. The first-order valence-electron chi connectivity index (χ1n) is 4.39. The van der Waals surface area contributed by atoms with E-state index in [9.17, 15) is 4.79 Å².